The molecule has 336 valence electrons. The first kappa shape index (κ1) is 45.8. The second kappa shape index (κ2) is 21.0. The number of phenols is 2. The zero-order chi connectivity index (χ0) is 47.6. The van der Waals surface area contributed by atoms with Crippen LogP contribution < -0.4 is 21.4 Å². The number of amides is 5. The third kappa shape index (κ3) is 11.7. The van der Waals surface area contributed by atoms with Gasteiger partial charge in [0.1, 0.15) is 22.9 Å². The molecule has 0 heterocycles. The molecule has 0 aliphatic carbocycles. The van der Waals surface area contributed by atoms with Crippen molar-refractivity contribution in [1.29, 1.82) is 0 Å². The minimum absolute atomic E-state index is 0.0681. The van der Waals surface area contributed by atoms with Crippen LogP contribution in [0.15, 0.2) is 184 Å². The standard InChI is InChI=1S/C51H36Cl2N8O7/c52-36-3-1-5-40(27-36)54-50(66)56-49(65)35-13-21-43-34(26-35)15-24-46(64)48(43)60-57-38-16-7-30(8-17-38)10-22-44(62)32-11-18-39(19-12-32)58-59-47-42-20-9-31(25-33(42)14-23-45(47)63)29-68-61-51(67)55-41-6-2-4-37(53)28-41/h1-28,63-64H,29H2,(H2,55,61,67)(H2,54,56,65,66). The van der Waals surface area contributed by atoms with E-state index in [4.69, 9.17) is 28.0 Å². The van der Waals surface area contributed by atoms with Crippen LogP contribution in [0.25, 0.3) is 27.6 Å². The van der Waals surface area contributed by atoms with Gasteiger partial charge in [0.15, 0.2) is 5.78 Å². The third-order valence-electron chi connectivity index (χ3n) is 10.1. The number of phenolic OH excluding ortho intramolecular Hbond substituents is 2. The van der Waals surface area contributed by atoms with Gasteiger partial charge in [-0.05, 0) is 131 Å². The van der Waals surface area contributed by atoms with Crippen LogP contribution in [0.1, 0.15) is 31.8 Å². The minimum atomic E-state index is -0.726. The molecule has 5 amide bonds. The lowest BCUT2D eigenvalue weighted by Gasteiger charge is -2.09. The maximum Gasteiger partial charge on any atom is 0.343 e. The lowest BCUT2D eigenvalue weighted by molar-refractivity contribution is 0.0536. The lowest BCUT2D eigenvalue weighted by atomic mass is 10.0. The highest BCUT2D eigenvalue weighted by atomic mass is 35.5. The van der Waals surface area contributed by atoms with Gasteiger partial charge in [-0.25, -0.2) is 15.1 Å². The first-order chi connectivity index (χ1) is 32.9. The summed E-state index contributed by atoms with van der Waals surface area (Å²) >= 11 is 11.9. The van der Waals surface area contributed by atoms with Gasteiger partial charge < -0.3 is 20.8 Å². The molecule has 0 aliphatic rings. The summed E-state index contributed by atoms with van der Waals surface area (Å²) in [4.78, 5) is 55.9. The van der Waals surface area contributed by atoms with Crippen molar-refractivity contribution in [1.82, 2.24) is 10.8 Å². The van der Waals surface area contributed by atoms with E-state index in [1.165, 1.54) is 24.3 Å². The van der Waals surface area contributed by atoms with E-state index in [1.54, 1.807) is 140 Å². The number of fused-ring (bicyclic) bond motifs is 2. The number of urea groups is 2. The van der Waals surface area contributed by atoms with Gasteiger partial charge in [-0.3, -0.25) is 19.7 Å². The molecule has 15 nitrogen and oxygen atoms in total. The summed E-state index contributed by atoms with van der Waals surface area (Å²) in [6.45, 7) is 0.0733. The van der Waals surface area contributed by atoms with E-state index in [-0.39, 0.29) is 40.8 Å². The van der Waals surface area contributed by atoms with Crippen LogP contribution in [-0.2, 0) is 11.4 Å². The average molecular weight is 944 g/mol. The summed E-state index contributed by atoms with van der Waals surface area (Å²) in [6, 6.07) is 41.8. The van der Waals surface area contributed by atoms with Crippen LogP contribution in [-0.4, -0.2) is 34.0 Å². The number of hydroxylamine groups is 1. The van der Waals surface area contributed by atoms with Gasteiger partial charge in [0.05, 0.1) is 18.0 Å². The molecule has 6 N–H and O–H groups in total. The summed E-state index contributed by atoms with van der Waals surface area (Å²) in [5.74, 6) is -1.06. The number of hydrogen-bond acceptors (Lipinski definition) is 11. The topological polar surface area (TPSA) is 216 Å². The number of nitrogens with one attached hydrogen (secondary N) is 4. The Hall–Kier alpha value is -8.76. The van der Waals surface area contributed by atoms with Crippen molar-refractivity contribution in [2.24, 2.45) is 20.5 Å². The van der Waals surface area contributed by atoms with Crippen molar-refractivity contribution < 1.29 is 34.2 Å². The van der Waals surface area contributed by atoms with Gasteiger partial charge in [-0.15, -0.1) is 10.2 Å². The quantitative estimate of drug-likeness (QED) is 0.0284. The number of halogens is 2. The number of imide groups is 1. The number of aromatic hydroxyl groups is 2. The predicted molar refractivity (Wildman–Crippen MR) is 262 cm³/mol. The highest BCUT2D eigenvalue weighted by Gasteiger charge is 2.15. The Morgan fingerprint density at radius 3 is 1.71 bits per heavy atom. The van der Waals surface area contributed by atoms with Crippen LogP contribution in [0.5, 0.6) is 11.5 Å². The van der Waals surface area contributed by atoms with Crippen molar-refractivity contribution in [2.45, 2.75) is 6.61 Å². The zero-order valence-electron chi connectivity index (χ0n) is 35.4. The van der Waals surface area contributed by atoms with Gasteiger partial charge in [-0.2, -0.15) is 10.2 Å². The highest BCUT2D eigenvalue weighted by Crippen LogP contribution is 2.38. The number of benzene rings is 8. The molecular formula is C51H36Cl2N8O7. The van der Waals surface area contributed by atoms with Crippen molar-refractivity contribution >= 4 is 109 Å². The monoisotopic (exact) mass is 942 g/mol. The van der Waals surface area contributed by atoms with E-state index in [2.05, 4.69) is 41.9 Å². The Kier molecular flexibility index (Phi) is 14.2. The van der Waals surface area contributed by atoms with Crippen molar-refractivity contribution in [2.75, 3.05) is 10.6 Å². The minimum Gasteiger partial charge on any atom is -0.506 e. The maximum atomic E-state index is 13.0. The molecule has 0 fully saturated rings. The summed E-state index contributed by atoms with van der Waals surface area (Å²) < 4.78 is 0. The molecule has 0 aromatic heterocycles. The summed E-state index contributed by atoms with van der Waals surface area (Å²) in [5, 5.41) is 49.4. The molecule has 8 aromatic rings. The van der Waals surface area contributed by atoms with Gasteiger partial charge in [0.25, 0.3) is 5.91 Å². The molecule has 0 saturated carbocycles. The molecule has 17 heteroatoms. The van der Waals surface area contributed by atoms with E-state index in [9.17, 15) is 29.4 Å². The van der Waals surface area contributed by atoms with Crippen LogP contribution in [0, 0.1) is 0 Å². The molecule has 0 atom stereocenters. The van der Waals surface area contributed by atoms with Gasteiger partial charge in [0.2, 0.25) is 0 Å². The number of carbonyl (C=O) groups is 4. The summed E-state index contributed by atoms with van der Waals surface area (Å²) in [6.07, 6.45) is 3.11. The van der Waals surface area contributed by atoms with E-state index in [0.29, 0.717) is 54.5 Å². The second-order valence-electron chi connectivity index (χ2n) is 14.9. The van der Waals surface area contributed by atoms with Crippen LogP contribution in [0.4, 0.5) is 43.7 Å². The second-order valence-corrected chi connectivity index (χ2v) is 15.7. The highest BCUT2D eigenvalue weighted by molar-refractivity contribution is 6.31. The number of anilines is 2. The largest absolute Gasteiger partial charge is 0.506 e. The van der Waals surface area contributed by atoms with E-state index in [0.717, 1.165) is 16.5 Å². The Balaban J connectivity index is 0.845. The zero-order valence-corrected chi connectivity index (χ0v) is 36.9. The molecule has 68 heavy (non-hydrogen) atoms. The Labute approximate surface area is 397 Å². The molecule has 0 spiro atoms. The number of nitrogens with zero attached hydrogens (tertiary/aromatic N) is 4. The molecule has 8 aromatic carbocycles. The molecule has 0 bridgehead atoms. The molecule has 0 radical (unpaired) electrons. The summed E-state index contributed by atoms with van der Waals surface area (Å²) in [5.41, 5.74) is 6.78. The van der Waals surface area contributed by atoms with Crippen LogP contribution in [0.3, 0.4) is 0 Å². The Morgan fingerprint density at radius 1 is 0.559 bits per heavy atom. The average Bonchev–Trinajstić information content (AvgIpc) is 3.33. The van der Waals surface area contributed by atoms with Gasteiger partial charge in [-0.1, -0.05) is 83.9 Å². The van der Waals surface area contributed by atoms with Crippen molar-refractivity contribution in [3.63, 3.8) is 0 Å². The van der Waals surface area contributed by atoms with Crippen molar-refractivity contribution in [3.8, 4) is 11.5 Å². The maximum absolute atomic E-state index is 13.0. The third-order valence-corrected chi connectivity index (χ3v) is 10.5. The molecule has 0 saturated heterocycles. The fourth-order valence-electron chi connectivity index (χ4n) is 6.73. The van der Waals surface area contributed by atoms with Gasteiger partial charge >= 0.3 is 12.1 Å². The fourth-order valence-corrected chi connectivity index (χ4v) is 7.11. The van der Waals surface area contributed by atoms with Crippen LogP contribution in [0.2, 0.25) is 10.0 Å². The number of azo groups is 2. The normalized spacial score (nSPS) is 11.4. The molecular weight excluding hydrogens is 908 g/mol. The molecule has 0 aliphatic heterocycles. The molecule has 8 rings (SSSR count). The smallest absolute Gasteiger partial charge is 0.343 e. The number of carbonyl (C=O) groups excluding carboxylic acids is 4. The first-order valence-electron chi connectivity index (χ1n) is 20.5. The number of ketones is 1. The fraction of sp³-hybridized carbons (Fsp3) is 0.0196. The SMILES string of the molecule is O=C(NOCc1ccc2c(N=Nc3ccc(C(=O)C=Cc4ccc(N=Nc5c(O)ccc6cc(C(=O)NC(=O)Nc7cccc(Cl)c7)ccc56)cc4)cc3)c(O)ccc2c1)Nc1cccc(Cl)c1. The number of rotatable bonds is 13. The molecule has 0 unspecified atom stereocenters. The van der Waals surface area contributed by atoms with E-state index in [1.807, 2.05) is 6.07 Å². The Bertz CT molecular complexity index is 3330. The van der Waals surface area contributed by atoms with Crippen LogP contribution >= 0.6 is 23.2 Å². The van der Waals surface area contributed by atoms with E-state index < -0.39 is 18.0 Å². The van der Waals surface area contributed by atoms with Gasteiger partial charge in [0, 0.05) is 43.3 Å². The van der Waals surface area contributed by atoms with E-state index >= 15 is 0 Å². The lowest BCUT2D eigenvalue weighted by Crippen LogP contribution is -2.34. The first-order valence-corrected chi connectivity index (χ1v) is 21.3. The predicted octanol–water partition coefficient (Wildman–Crippen LogP) is 13.7. The van der Waals surface area contributed by atoms with Crippen molar-refractivity contribution in [3.05, 3.63) is 196 Å². The number of hydrogen-bond donors (Lipinski definition) is 6. The number of allylic oxidation sites excluding steroid dienone is 1. The Morgan fingerprint density at radius 2 is 1.10 bits per heavy atom. The summed E-state index contributed by atoms with van der Waals surface area (Å²) in [7, 11) is 0.